The number of benzene rings is 2. The lowest BCUT2D eigenvalue weighted by molar-refractivity contribution is 0.587. The molecule has 2 aromatic carbocycles. The second-order valence-electron chi connectivity index (χ2n) is 5.64. The van der Waals surface area contributed by atoms with Crippen LogP contribution in [-0.2, 0) is 6.42 Å². The lowest BCUT2D eigenvalue weighted by atomic mass is 10.1. The lowest BCUT2D eigenvalue weighted by Gasteiger charge is -1.98. The third kappa shape index (κ3) is 3.93. The summed E-state index contributed by atoms with van der Waals surface area (Å²) < 4.78 is 5.65. The quantitative estimate of drug-likeness (QED) is 0.551. The van der Waals surface area contributed by atoms with Crippen LogP contribution in [0.2, 0.25) is 0 Å². The number of nitrogens with zero attached hydrogens (tertiary/aromatic N) is 3. The van der Waals surface area contributed by atoms with Crippen LogP contribution in [-0.4, -0.2) is 11.2 Å². The van der Waals surface area contributed by atoms with Gasteiger partial charge in [0.05, 0.1) is 6.21 Å². The molecule has 0 aliphatic rings. The Morgan fingerprint density at radius 1 is 1.16 bits per heavy atom. The molecule has 0 atom stereocenters. The number of hydrogen-bond donors (Lipinski definition) is 1. The van der Waals surface area contributed by atoms with Crippen LogP contribution in [0.3, 0.4) is 0 Å². The van der Waals surface area contributed by atoms with Gasteiger partial charge < -0.3 is 4.42 Å². The van der Waals surface area contributed by atoms with Crippen molar-refractivity contribution in [3.63, 3.8) is 0 Å². The van der Waals surface area contributed by atoms with Gasteiger partial charge >= 0.3 is 0 Å². The highest BCUT2D eigenvalue weighted by Crippen LogP contribution is 2.25. The summed E-state index contributed by atoms with van der Waals surface area (Å²) in [6.45, 7) is 4.12. The predicted octanol–water partition coefficient (Wildman–Crippen LogP) is 4.53. The van der Waals surface area contributed by atoms with Crippen molar-refractivity contribution in [3.8, 4) is 17.5 Å². The summed E-state index contributed by atoms with van der Waals surface area (Å²) >= 11 is 0. The number of oxazole rings is 1. The average molecular weight is 330 g/mol. The zero-order chi connectivity index (χ0) is 17.6. The largest absolute Gasteiger partial charge is 0.417 e. The second-order valence-corrected chi connectivity index (χ2v) is 5.64. The molecule has 1 heterocycles. The van der Waals surface area contributed by atoms with Crippen LogP contribution in [0, 0.1) is 18.3 Å². The van der Waals surface area contributed by atoms with Crippen LogP contribution in [0.1, 0.15) is 29.3 Å². The van der Waals surface area contributed by atoms with E-state index < -0.39 is 0 Å². The van der Waals surface area contributed by atoms with Crippen LogP contribution in [0.4, 0.5) is 5.88 Å². The molecule has 0 spiro atoms. The zero-order valence-corrected chi connectivity index (χ0v) is 14.2. The third-order valence-corrected chi connectivity index (χ3v) is 3.80. The molecule has 0 fully saturated rings. The number of hydrazone groups is 1. The Hall–Kier alpha value is -3.39. The average Bonchev–Trinajstić information content (AvgIpc) is 3.06. The molecular weight excluding hydrogens is 312 g/mol. The van der Waals surface area contributed by atoms with E-state index in [9.17, 15) is 5.26 Å². The number of nitrogens with one attached hydrogen (secondary N) is 1. The zero-order valence-electron chi connectivity index (χ0n) is 14.2. The van der Waals surface area contributed by atoms with Crippen LogP contribution < -0.4 is 5.43 Å². The van der Waals surface area contributed by atoms with Crippen molar-refractivity contribution < 1.29 is 4.42 Å². The molecule has 3 rings (SSSR count). The van der Waals surface area contributed by atoms with Gasteiger partial charge in [0.1, 0.15) is 6.07 Å². The topological polar surface area (TPSA) is 74.2 Å². The predicted molar refractivity (Wildman–Crippen MR) is 98.4 cm³/mol. The molecule has 124 valence electrons. The summed E-state index contributed by atoms with van der Waals surface area (Å²) in [6.07, 6.45) is 2.68. The number of anilines is 1. The van der Waals surface area contributed by atoms with Crippen LogP contribution in [0.5, 0.6) is 0 Å². The Kier molecular flexibility index (Phi) is 4.91. The van der Waals surface area contributed by atoms with E-state index >= 15 is 0 Å². The molecule has 0 radical (unpaired) electrons. The molecule has 0 unspecified atom stereocenters. The summed E-state index contributed by atoms with van der Waals surface area (Å²) in [5.74, 6) is 0.626. The van der Waals surface area contributed by atoms with Gasteiger partial charge in [-0.3, -0.25) is 0 Å². The monoisotopic (exact) mass is 330 g/mol. The first-order valence-corrected chi connectivity index (χ1v) is 8.05. The van der Waals surface area contributed by atoms with Gasteiger partial charge in [-0.05, 0) is 36.6 Å². The fourth-order valence-electron chi connectivity index (χ4n) is 2.30. The van der Waals surface area contributed by atoms with E-state index in [-0.39, 0.29) is 11.6 Å². The summed E-state index contributed by atoms with van der Waals surface area (Å²) in [4.78, 5) is 4.21. The lowest BCUT2D eigenvalue weighted by Crippen LogP contribution is -1.91. The fraction of sp³-hybridized carbons (Fsp3) is 0.150. The van der Waals surface area contributed by atoms with E-state index in [1.165, 1.54) is 5.56 Å². The van der Waals surface area contributed by atoms with Crippen molar-refractivity contribution in [3.05, 3.63) is 70.9 Å². The summed E-state index contributed by atoms with van der Waals surface area (Å²) in [7, 11) is 0. The summed E-state index contributed by atoms with van der Waals surface area (Å²) in [5, 5.41) is 13.4. The molecule has 0 amide bonds. The second kappa shape index (κ2) is 7.45. The Bertz CT molecular complexity index is 916. The Labute approximate surface area is 146 Å². The highest BCUT2D eigenvalue weighted by atomic mass is 16.4. The van der Waals surface area contributed by atoms with E-state index in [1.54, 1.807) is 6.21 Å². The van der Waals surface area contributed by atoms with E-state index in [1.807, 2.05) is 49.4 Å². The molecule has 0 aliphatic carbocycles. The fourth-order valence-corrected chi connectivity index (χ4v) is 2.30. The normalized spacial score (nSPS) is 10.8. The first kappa shape index (κ1) is 16.5. The molecule has 0 aliphatic heterocycles. The first-order chi connectivity index (χ1) is 12.2. The minimum absolute atomic E-state index is 0.175. The Morgan fingerprint density at radius 3 is 2.52 bits per heavy atom. The maximum atomic E-state index is 9.23. The molecule has 5 nitrogen and oxygen atoms in total. The number of hydrogen-bond acceptors (Lipinski definition) is 5. The van der Waals surface area contributed by atoms with Crippen LogP contribution in [0.15, 0.2) is 58.0 Å². The maximum Gasteiger partial charge on any atom is 0.252 e. The minimum Gasteiger partial charge on any atom is -0.417 e. The molecule has 25 heavy (non-hydrogen) atoms. The van der Waals surface area contributed by atoms with Gasteiger partial charge in [-0.25, -0.2) is 5.43 Å². The molecule has 0 saturated heterocycles. The van der Waals surface area contributed by atoms with E-state index in [4.69, 9.17) is 4.42 Å². The van der Waals surface area contributed by atoms with Crippen molar-refractivity contribution in [1.82, 2.24) is 4.98 Å². The molecule has 1 N–H and O–H groups in total. The van der Waals surface area contributed by atoms with Gasteiger partial charge in [0.2, 0.25) is 11.6 Å². The smallest absolute Gasteiger partial charge is 0.252 e. The molecule has 0 bridgehead atoms. The van der Waals surface area contributed by atoms with Crippen molar-refractivity contribution in [2.45, 2.75) is 20.3 Å². The van der Waals surface area contributed by atoms with E-state index in [0.29, 0.717) is 5.89 Å². The summed E-state index contributed by atoms with van der Waals surface area (Å²) in [6, 6.07) is 17.9. The van der Waals surface area contributed by atoms with Crippen molar-refractivity contribution in [2.24, 2.45) is 5.10 Å². The standard InChI is InChI=1S/C20H18N4O/c1-3-15-6-8-16(9-7-15)13-22-24-20-18(12-21)23-19(25-20)17-10-4-14(2)5-11-17/h4-11,13,24H,3H2,1-2H3/b22-13-. The van der Waals surface area contributed by atoms with Gasteiger partial charge in [-0.2, -0.15) is 15.3 Å². The van der Waals surface area contributed by atoms with Gasteiger partial charge in [-0.15, -0.1) is 0 Å². The van der Waals surface area contributed by atoms with Crippen molar-refractivity contribution in [1.29, 1.82) is 5.26 Å². The van der Waals surface area contributed by atoms with Crippen molar-refractivity contribution in [2.75, 3.05) is 5.43 Å². The number of rotatable bonds is 5. The Morgan fingerprint density at radius 2 is 1.88 bits per heavy atom. The third-order valence-electron chi connectivity index (χ3n) is 3.80. The summed E-state index contributed by atoms with van der Waals surface area (Å²) in [5.41, 5.74) is 7.13. The number of aromatic nitrogens is 1. The van der Waals surface area contributed by atoms with Gasteiger partial charge in [0, 0.05) is 5.56 Å². The minimum atomic E-state index is 0.175. The first-order valence-electron chi connectivity index (χ1n) is 8.05. The Balaban J connectivity index is 1.76. The van der Waals surface area contributed by atoms with Gasteiger partial charge in [-0.1, -0.05) is 48.9 Å². The number of nitriles is 1. The van der Waals surface area contributed by atoms with E-state index in [0.717, 1.165) is 23.1 Å². The SMILES string of the molecule is CCc1ccc(/C=N\Nc2oc(-c3ccc(C)cc3)nc2C#N)cc1. The van der Waals surface area contributed by atoms with Crippen LogP contribution in [0.25, 0.3) is 11.5 Å². The molecule has 3 aromatic rings. The molecular formula is C20H18N4O. The maximum absolute atomic E-state index is 9.23. The molecule has 1 aromatic heterocycles. The highest BCUT2D eigenvalue weighted by molar-refractivity contribution is 5.80. The number of aryl methyl sites for hydroxylation is 2. The van der Waals surface area contributed by atoms with Crippen molar-refractivity contribution >= 4 is 12.1 Å². The van der Waals surface area contributed by atoms with E-state index in [2.05, 4.69) is 34.6 Å². The van der Waals surface area contributed by atoms with Crippen LogP contribution >= 0.6 is 0 Å². The highest BCUT2D eigenvalue weighted by Gasteiger charge is 2.13. The van der Waals surface area contributed by atoms with Gasteiger partial charge in [0.15, 0.2) is 0 Å². The van der Waals surface area contributed by atoms with Gasteiger partial charge in [0.25, 0.3) is 5.88 Å². The molecule has 5 heteroatoms. The molecule has 0 saturated carbocycles.